The molecule has 3 heterocycles. The minimum absolute atomic E-state index is 0.00709. The Morgan fingerprint density at radius 3 is 2.71 bits per heavy atom. The smallest absolute Gasteiger partial charge is 0.285 e. The number of Topliss-reactive ketones (excluding diaryl/α,β-unsaturated/α-hetero) is 1. The molecule has 3 rings (SSSR count). The highest BCUT2D eigenvalue weighted by atomic mass is 32.2. The van der Waals surface area contributed by atoms with E-state index >= 15 is 0 Å². The number of fused-ring (bicyclic) bond motifs is 1. The van der Waals surface area contributed by atoms with Gasteiger partial charge in [-0.1, -0.05) is 0 Å². The molecule has 0 bridgehead atoms. The average molecular weight is 322 g/mol. The summed E-state index contributed by atoms with van der Waals surface area (Å²) in [6, 6.07) is 6.28. The van der Waals surface area contributed by atoms with Gasteiger partial charge < -0.3 is 0 Å². The monoisotopic (exact) mass is 322 g/mol. The fraction of sp³-hybridized carbons (Fsp3) is 0.154. The molecule has 0 atom stereocenters. The fourth-order valence-electron chi connectivity index (χ4n) is 2.06. The van der Waals surface area contributed by atoms with Crippen LogP contribution in [0.15, 0.2) is 35.5 Å². The molecule has 8 heteroatoms. The molecule has 0 N–H and O–H groups in total. The summed E-state index contributed by atoms with van der Waals surface area (Å²) >= 11 is 1.27. The second-order valence-electron chi connectivity index (χ2n) is 4.51. The Hall–Kier alpha value is -2.06. The number of rotatable bonds is 3. The maximum absolute atomic E-state index is 12.3. The summed E-state index contributed by atoms with van der Waals surface area (Å²) in [5, 5.41) is -0.287. The van der Waals surface area contributed by atoms with Gasteiger partial charge in [-0.05, 0) is 31.2 Å². The van der Waals surface area contributed by atoms with Gasteiger partial charge in [0.1, 0.15) is 6.54 Å². The van der Waals surface area contributed by atoms with Gasteiger partial charge in [0, 0.05) is 11.1 Å². The number of hydrogen-bond donors (Lipinski definition) is 0. The van der Waals surface area contributed by atoms with E-state index < -0.39 is 28.3 Å². The number of amides is 1. The van der Waals surface area contributed by atoms with Crippen molar-refractivity contribution in [3.8, 4) is 0 Å². The number of ketones is 1. The summed E-state index contributed by atoms with van der Waals surface area (Å²) in [4.78, 5) is 29.4. The van der Waals surface area contributed by atoms with Crippen molar-refractivity contribution in [1.82, 2.24) is 9.29 Å². The lowest BCUT2D eigenvalue weighted by Crippen LogP contribution is -2.34. The van der Waals surface area contributed by atoms with E-state index in [2.05, 4.69) is 4.98 Å². The Morgan fingerprint density at radius 2 is 2.10 bits per heavy atom. The predicted octanol–water partition coefficient (Wildman–Crippen LogP) is 1.48. The molecule has 0 spiro atoms. The summed E-state index contributed by atoms with van der Waals surface area (Å²) in [6.45, 7) is 1.34. The maximum atomic E-state index is 12.3. The van der Waals surface area contributed by atoms with Crippen LogP contribution in [-0.2, 0) is 10.0 Å². The highest BCUT2D eigenvalue weighted by Gasteiger charge is 2.43. The van der Waals surface area contributed by atoms with E-state index in [1.165, 1.54) is 29.7 Å². The number of thiophene rings is 1. The molecule has 0 unspecified atom stereocenters. The first kappa shape index (κ1) is 13.9. The van der Waals surface area contributed by atoms with Crippen molar-refractivity contribution in [1.29, 1.82) is 0 Å². The Balaban J connectivity index is 1.94. The molecule has 1 aliphatic rings. The Kier molecular flexibility index (Phi) is 3.14. The third kappa shape index (κ3) is 2.16. The molecule has 108 valence electrons. The van der Waals surface area contributed by atoms with Crippen molar-refractivity contribution in [3.05, 3.63) is 45.8 Å². The van der Waals surface area contributed by atoms with Gasteiger partial charge in [-0.3, -0.25) is 9.59 Å². The van der Waals surface area contributed by atoms with Crippen LogP contribution in [0.2, 0.25) is 0 Å². The van der Waals surface area contributed by atoms with Gasteiger partial charge in [0.05, 0.1) is 10.4 Å². The summed E-state index contributed by atoms with van der Waals surface area (Å²) in [6.07, 6.45) is 1.30. The van der Waals surface area contributed by atoms with Gasteiger partial charge in [-0.2, -0.15) is 8.42 Å². The SMILES string of the molecule is Cc1ccc(C(=O)CN2C(=O)c3cccnc3S2(=O)=O)s1. The number of aromatic nitrogens is 1. The molecular weight excluding hydrogens is 312 g/mol. The molecule has 0 aromatic carbocycles. The standard InChI is InChI=1S/C13H10N2O4S2/c1-8-4-5-11(20-8)10(16)7-15-13(17)9-3-2-6-14-12(9)21(15,18)19/h2-6H,7H2,1H3. The average Bonchev–Trinajstić information content (AvgIpc) is 2.96. The lowest BCUT2D eigenvalue weighted by atomic mass is 10.2. The second kappa shape index (κ2) is 4.74. The predicted molar refractivity (Wildman–Crippen MR) is 75.8 cm³/mol. The third-order valence-corrected chi connectivity index (χ3v) is 5.80. The largest absolute Gasteiger partial charge is 0.291 e. The van der Waals surface area contributed by atoms with Crippen LogP contribution in [0.1, 0.15) is 24.9 Å². The molecule has 0 saturated carbocycles. The van der Waals surface area contributed by atoms with E-state index in [0.717, 1.165) is 4.88 Å². The van der Waals surface area contributed by atoms with E-state index in [4.69, 9.17) is 0 Å². The zero-order chi connectivity index (χ0) is 15.2. The first-order chi connectivity index (χ1) is 9.91. The molecule has 0 radical (unpaired) electrons. The van der Waals surface area contributed by atoms with E-state index in [1.807, 2.05) is 6.92 Å². The number of sulfonamides is 1. The number of aryl methyl sites for hydroxylation is 1. The maximum Gasteiger partial charge on any atom is 0.285 e. The normalized spacial score (nSPS) is 16.0. The summed E-state index contributed by atoms with van der Waals surface area (Å²) < 4.78 is 25.1. The number of carbonyl (C=O) groups excluding carboxylic acids is 2. The molecule has 0 aliphatic carbocycles. The van der Waals surface area contributed by atoms with Gasteiger partial charge in [-0.25, -0.2) is 9.29 Å². The Bertz CT molecular complexity index is 855. The van der Waals surface area contributed by atoms with E-state index in [0.29, 0.717) is 9.18 Å². The Labute approximate surface area is 125 Å². The van der Waals surface area contributed by atoms with Gasteiger partial charge in [0.15, 0.2) is 10.8 Å². The van der Waals surface area contributed by atoms with Crippen LogP contribution in [0.25, 0.3) is 0 Å². The fourth-order valence-corrected chi connectivity index (χ4v) is 4.29. The van der Waals surface area contributed by atoms with Gasteiger partial charge >= 0.3 is 0 Å². The van der Waals surface area contributed by atoms with Crippen LogP contribution in [0.3, 0.4) is 0 Å². The van der Waals surface area contributed by atoms with Crippen molar-refractivity contribution < 1.29 is 18.0 Å². The number of pyridine rings is 1. The van der Waals surface area contributed by atoms with Crippen LogP contribution in [0.5, 0.6) is 0 Å². The zero-order valence-corrected chi connectivity index (χ0v) is 12.6. The topological polar surface area (TPSA) is 84.4 Å². The molecular formula is C13H10N2O4S2. The molecule has 2 aromatic heterocycles. The third-order valence-electron chi connectivity index (χ3n) is 3.06. The van der Waals surface area contributed by atoms with Crippen LogP contribution in [0.4, 0.5) is 0 Å². The number of carbonyl (C=O) groups is 2. The zero-order valence-electron chi connectivity index (χ0n) is 10.9. The summed E-state index contributed by atoms with van der Waals surface area (Å²) in [5.74, 6) is -1.11. The first-order valence-corrected chi connectivity index (χ1v) is 8.28. The minimum atomic E-state index is -4.04. The van der Waals surface area contributed by atoms with E-state index in [-0.39, 0.29) is 10.6 Å². The van der Waals surface area contributed by atoms with Crippen molar-refractivity contribution >= 4 is 33.1 Å². The van der Waals surface area contributed by atoms with Crippen molar-refractivity contribution in [3.63, 3.8) is 0 Å². The lowest BCUT2D eigenvalue weighted by molar-refractivity contribution is 0.0821. The molecule has 0 fully saturated rings. The molecule has 6 nitrogen and oxygen atoms in total. The molecule has 21 heavy (non-hydrogen) atoms. The van der Waals surface area contributed by atoms with Crippen molar-refractivity contribution in [2.75, 3.05) is 6.54 Å². The van der Waals surface area contributed by atoms with Gasteiger partial charge in [0.2, 0.25) is 0 Å². The van der Waals surface area contributed by atoms with Crippen LogP contribution in [0, 0.1) is 6.92 Å². The highest BCUT2D eigenvalue weighted by molar-refractivity contribution is 7.90. The molecule has 1 aliphatic heterocycles. The number of hydrogen-bond acceptors (Lipinski definition) is 6. The lowest BCUT2D eigenvalue weighted by Gasteiger charge is -2.12. The molecule has 0 saturated heterocycles. The molecule has 2 aromatic rings. The van der Waals surface area contributed by atoms with E-state index in [1.54, 1.807) is 12.1 Å². The van der Waals surface area contributed by atoms with Crippen molar-refractivity contribution in [2.24, 2.45) is 0 Å². The second-order valence-corrected chi connectivity index (χ2v) is 7.57. The molecule has 1 amide bonds. The summed E-state index contributed by atoms with van der Waals surface area (Å²) in [7, 11) is -4.04. The van der Waals surface area contributed by atoms with Crippen LogP contribution >= 0.6 is 11.3 Å². The van der Waals surface area contributed by atoms with E-state index in [9.17, 15) is 18.0 Å². The Morgan fingerprint density at radius 1 is 1.33 bits per heavy atom. The van der Waals surface area contributed by atoms with Gasteiger partial charge in [-0.15, -0.1) is 11.3 Å². The van der Waals surface area contributed by atoms with Crippen molar-refractivity contribution in [2.45, 2.75) is 11.9 Å². The van der Waals surface area contributed by atoms with Gasteiger partial charge in [0.25, 0.3) is 15.9 Å². The quantitative estimate of drug-likeness (QED) is 0.799. The minimum Gasteiger partial charge on any atom is -0.291 e. The van der Waals surface area contributed by atoms with Crippen LogP contribution < -0.4 is 0 Å². The van der Waals surface area contributed by atoms with Crippen LogP contribution in [-0.4, -0.2) is 35.9 Å². The number of nitrogens with zero attached hydrogens (tertiary/aromatic N) is 2. The first-order valence-electron chi connectivity index (χ1n) is 6.03. The summed E-state index contributed by atoms with van der Waals surface area (Å²) in [5.41, 5.74) is 0.00709. The highest BCUT2D eigenvalue weighted by Crippen LogP contribution is 2.28.